The monoisotopic (exact) mass is 88.0 g/mol. The van der Waals surface area contributed by atoms with Gasteiger partial charge >= 0.3 is 57.1 Å². The van der Waals surface area contributed by atoms with Crippen LogP contribution in [0.4, 0.5) is 0 Å². The molecule has 0 atom stereocenters. The van der Waals surface area contributed by atoms with Gasteiger partial charge in [-0.2, -0.15) is 0 Å². The average Bonchev–Trinajstić information content (AvgIpc) is 0.918. The molecule has 0 saturated heterocycles. The van der Waals surface area contributed by atoms with Crippen molar-refractivity contribution >= 4 is 6.47 Å². The summed E-state index contributed by atoms with van der Waals surface area (Å²) < 4.78 is 0. The first kappa shape index (κ1) is 8.92. The van der Waals surface area contributed by atoms with Crippen molar-refractivity contribution in [2.45, 2.75) is 0 Å². The van der Waals surface area contributed by atoms with Gasteiger partial charge in [0.15, 0.2) is 0 Å². The third-order valence-electron chi connectivity index (χ3n) is 0. The van der Waals surface area contributed by atoms with Crippen molar-refractivity contribution in [1.29, 1.82) is 0 Å². The zero-order valence-corrected chi connectivity index (χ0v) is 5.52. The molecule has 0 aliphatic heterocycles. The van der Waals surface area contributed by atoms with Gasteiger partial charge in [-0.1, -0.05) is 0 Å². The van der Waals surface area contributed by atoms with Crippen molar-refractivity contribution < 1.29 is 67.0 Å². The van der Waals surface area contributed by atoms with Crippen molar-refractivity contribution in [2.75, 3.05) is 0 Å². The van der Waals surface area contributed by atoms with E-state index in [9.17, 15) is 0 Å². The molecular formula is CH5KO2+4. The Balaban J connectivity index is -0.00000000200. The second kappa shape index (κ2) is 8.93. The molecule has 0 unspecified atom stereocenters. The number of carbonyl (C=O) groups is 1. The van der Waals surface area contributed by atoms with Crippen molar-refractivity contribution in [1.82, 2.24) is 0 Å². The number of hydrogen-bond donors (Lipinski definition) is 0. The van der Waals surface area contributed by atoms with Gasteiger partial charge in [-0.25, -0.2) is 0 Å². The quantitative estimate of drug-likeness (QED) is 0.223. The summed E-state index contributed by atoms with van der Waals surface area (Å²) in [6.45, 7) is -0.500. The molecule has 0 aliphatic carbocycles. The summed E-state index contributed by atoms with van der Waals surface area (Å²) in [4.78, 5) is 8.25. The normalized spacial score (nSPS) is 3.00. The predicted molar refractivity (Wildman–Crippen MR) is 10.5 cm³/mol. The van der Waals surface area contributed by atoms with E-state index in [4.69, 9.17) is 9.90 Å². The van der Waals surface area contributed by atoms with Crippen LogP contribution in [0.1, 0.15) is 5.71 Å². The fourth-order valence-corrected chi connectivity index (χ4v) is 0. The van der Waals surface area contributed by atoms with Crippen LogP contribution in [0.2, 0.25) is 0 Å². The molecular weight excluding hydrogens is 83.1 g/mol. The average molecular weight is 88.1 g/mol. The molecule has 0 aromatic carbocycles. The SMILES string of the molecule is O=C[O-].[H+].[H+].[H+].[H+].[K+]. The van der Waals surface area contributed by atoms with Gasteiger partial charge in [0.2, 0.25) is 0 Å². The maximum absolute atomic E-state index is 8.25. The largest absolute Gasteiger partial charge is 1.00 e. The molecule has 2 nitrogen and oxygen atoms in total. The van der Waals surface area contributed by atoms with E-state index in [0.717, 1.165) is 0 Å². The third kappa shape index (κ3) is 11.3. The predicted octanol–water partition coefficient (Wildman–Crippen LogP) is -4.18. The summed E-state index contributed by atoms with van der Waals surface area (Å²) in [5.74, 6) is 0. The van der Waals surface area contributed by atoms with Crippen LogP contribution in [-0.4, -0.2) is 6.47 Å². The zero-order chi connectivity index (χ0) is 2.71. The summed E-state index contributed by atoms with van der Waals surface area (Å²) in [5.41, 5.74) is 0. The Morgan fingerprint density at radius 3 is 2.00 bits per heavy atom. The van der Waals surface area contributed by atoms with E-state index < -0.39 is 6.47 Å². The topological polar surface area (TPSA) is 40.1 Å². The van der Waals surface area contributed by atoms with Crippen LogP contribution in [0.3, 0.4) is 0 Å². The van der Waals surface area contributed by atoms with Crippen LogP contribution in [0.15, 0.2) is 0 Å². The summed E-state index contributed by atoms with van der Waals surface area (Å²) in [5, 5.41) is 8.25. The van der Waals surface area contributed by atoms with Gasteiger partial charge in [-0.15, -0.1) is 0 Å². The Kier molecular flexibility index (Phi) is 19.9. The molecule has 3 heteroatoms. The molecule has 4 heavy (non-hydrogen) atoms. The molecule has 0 aromatic heterocycles. The Morgan fingerprint density at radius 2 is 2.00 bits per heavy atom. The van der Waals surface area contributed by atoms with E-state index in [1.165, 1.54) is 0 Å². The molecule has 0 fully saturated rings. The number of carbonyl (C=O) groups excluding carboxylic acids is 1. The van der Waals surface area contributed by atoms with E-state index >= 15 is 0 Å². The summed E-state index contributed by atoms with van der Waals surface area (Å²) in [6.07, 6.45) is 0. The Hall–Kier alpha value is 1.11. The molecule has 0 amide bonds. The summed E-state index contributed by atoms with van der Waals surface area (Å²) in [7, 11) is 0. The Bertz CT molecular complexity index is 21.5. The number of hydrogen-bond acceptors (Lipinski definition) is 2. The minimum absolute atomic E-state index is 0. The summed E-state index contributed by atoms with van der Waals surface area (Å²) in [6, 6.07) is 0. The number of carboxylic acid groups (broad SMARTS) is 1. The third-order valence-corrected chi connectivity index (χ3v) is 0. The number of rotatable bonds is 0. The molecule has 0 heterocycles. The molecule has 18 valence electrons. The zero-order valence-electron chi connectivity index (χ0n) is 6.39. The summed E-state index contributed by atoms with van der Waals surface area (Å²) >= 11 is 0. The van der Waals surface area contributed by atoms with Gasteiger partial charge in [-0.05, 0) is 0 Å². The van der Waals surface area contributed by atoms with Gasteiger partial charge in [0.25, 0.3) is 0 Å². The molecule has 0 N–H and O–H groups in total. The fourth-order valence-electron chi connectivity index (χ4n) is 0. The van der Waals surface area contributed by atoms with E-state index in [0.29, 0.717) is 0 Å². The standard InChI is InChI=1S/CH2O2.K/c2-1-3;/h1H,(H,2,3);/q;+1/p+3. The molecule has 0 aromatic rings. The van der Waals surface area contributed by atoms with E-state index in [1.54, 1.807) is 0 Å². The second-order valence-corrected chi connectivity index (χ2v) is 0.0962. The smallest absolute Gasteiger partial charge is 0.554 e. The van der Waals surface area contributed by atoms with Crippen LogP contribution in [-0.2, 0) is 4.79 Å². The van der Waals surface area contributed by atoms with Crippen molar-refractivity contribution in [2.24, 2.45) is 0 Å². The second-order valence-electron chi connectivity index (χ2n) is 0.0962. The molecule has 0 aliphatic rings. The fraction of sp³-hybridized carbons (Fsp3) is 0. The van der Waals surface area contributed by atoms with Crippen LogP contribution in [0, 0.1) is 0 Å². The molecule has 0 spiro atoms. The van der Waals surface area contributed by atoms with Crippen LogP contribution < -0.4 is 56.5 Å². The van der Waals surface area contributed by atoms with Gasteiger partial charge < -0.3 is 9.90 Å². The van der Waals surface area contributed by atoms with Crippen LogP contribution in [0.5, 0.6) is 0 Å². The van der Waals surface area contributed by atoms with Gasteiger partial charge in [0.1, 0.15) is 0 Å². The van der Waals surface area contributed by atoms with Crippen molar-refractivity contribution in [3.8, 4) is 0 Å². The minimum atomic E-state index is -0.500. The Labute approximate surface area is 72.6 Å². The molecule has 0 saturated carbocycles. The molecule has 0 radical (unpaired) electrons. The van der Waals surface area contributed by atoms with Gasteiger partial charge in [0, 0.05) is 6.47 Å². The first-order valence-corrected chi connectivity index (χ1v) is 0.471. The first-order chi connectivity index (χ1) is 1.41. The maximum Gasteiger partial charge on any atom is 1.00 e. The maximum atomic E-state index is 8.25. The molecule has 0 rings (SSSR count). The van der Waals surface area contributed by atoms with Crippen LogP contribution >= 0.6 is 0 Å². The van der Waals surface area contributed by atoms with Crippen molar-refractivity contribution in [3.63, 3.8) is 0 Å². The van der Waals surface area contributed by atoms with Gasteiger partial charge in [0.05, 0.1) is 0 Å². The minimum Gasteiger partial charge on any atom is -0.554 e. The van der Waals surface area contributed by atoms with E-state index in [1.807, 2.05) is 0 Å². The van der Waals surface area contributed by atoms with E-state index in [-0.39, 0.29) is 57.1 Å². The Morgan fingerprint density at radius 1 is 2.00 bits per heavy atom. The van der Waals surface area contributed by atoms with Gasteiger partial charge in [-0.3, -0.25) is 0 Å². The first-order valence-electron chi connectivity index (χ1n) is 0.471. The van der Waals surface area contributed by atoms with E-state index in [2.05, 4.69) is 0 Å². The van der Waals surface area contributed by atoms with Crippen molar-refractivity contribution in [3.05, 3.63) is 0 Å². The van der Waals surface area contributed by atoms with Crippen LogP contribution in [0.25, 0.3) is 0 Å². The molecule has 0 bridgehead atoms.